The second-order valence-electron chi connectivity index (χ2n) is 5.39. The van der Waals surface area contributed by atoms with E-state index in [9.17, 15) is 9.18 Å². The SMILES string of the molecule is COc1cccc(C(NC(=O)[C@@H](C)N)c2cc(F)ccc2OC)c1.Cl. The second kappa shape index (κ2) is 9.25. The number of benzene rings is 2. The fourth-order valence-corrected chi connectivity index (χ4v) is 2.37. The molecule has 0 aliphatic carbocycles. The summed E-state index contributed by atoms with van der Waals surface area (Å²) in [5.41, 5.74) is 6.88. The monoisotopic (exact) mass is 368 g/mol. The molecule has 2 aromatic carbocycles. The smallest absolute Gasteiger partial charge is 0.237 e. The summed E-state index contributed by atoms with van der Waals surface area (Å²) in [6, 6.07) is 10.0. The molecule has 0 bridgehead atoms. The fraction of sp³-hybridized carbons (Fsp3) is 0.278. The van der Waals surface area contributed by atoms with Gasteiger partial charge in [-0.25, -0.2) is 4.39 Å². The first-order valence-corrected chi connectivity index (χ1v) is 7.49. The molecule has 0 saturated heterocycles. The minimum atomic E-state index is -0.697. The maximum atomic E-state index is 13.8. The number of hydrogen-bond donors (Lipinski definition) is 2. The Labute approximate surface area is 152 Å². The number of ether oxygens (including phenoxy) is 2. The fourth-order valence-electron chi connectivity index (χ4n) is 2.37. The Bertz CT molecular complexity index is 725. The maximum Gasteiger partial charge on any atom is 0.237 e. The van der Waals surface area contributed by atoms with E-state index in [1.807, 2.05) is 6.07 Å². The van der Waals surface area contributed by atoms with Crippen molar-refractivity contribution in [1.29, 1.82) is 0 Å². The summed E-state index contributed by atoms with van der Waals surface area (Å²) in [6.45, 7) is 1.58. The van der Waals surface area contributed by atoms with Crippen molar-refractivity contribution < 1.29 is 18.7 Å². The summed E-state index contributed by atoms with van der Waals surface area (Å²) in [7, 11) is 3.05. The third-order valence-electron chi connectivity index (χ3n) is 3.63. The van der Waals surface area contributed by atoms with Crippen molar-refractivity contribution in [2.24, 2.45) is 5.73 Å². The zero-order valence-corrected chi connectivity index (χ0v) is 15.1. The van der Waals surface area contributed by atoms with Crippen LogP contribution in [0.4, 0.5) is 4.39 Å². The van der Waals surface area contributed by atoms with Crippen molar-refractivity contribution in [2.45, 2.75) is 19.0 Å². The number of carbonyl (C=O) groups excluding carboxylic acids is 1. The average molecular weight is 369 g/mol. The standard InChI is InChI=1S/C18H21FN2O3.ClH/c1-11(20)18(22)21-17(12-5-4-6-14(9-12)23-2)15-10-13(19)7-8-16(15)24-3;/h4-11,17H,20H2,1-3H3,(H,21,22);1H/t11-,17?;/m1./s1. The topological polar surface area (TPSA) is 73.6 Å². The molecule has 25 heavy (non-hydrogen) atoms. The quantitative estimate of drug-likeness (QED) is 0.822. The molecule has 136 valence electrons. The van der Waals surface area contributed by atoms with Gasteiger partial charge in [0.2, 0.25) is 5.91 Å². The molecule has 1 unspecified atom stereocenters. The number of carbonyl (C=O) groups is 1. The number of halogens is 2. The molecule has 2 atom stereocenters. The van der Waals surface area contributed by atoms with Crippen molar-refractivity contribution in [3.05, 3.63) is 59.4 Å². The molecule has 3 N–H and O–H groups in total. The lowest BCUT2D eigenvalue weighted by Crippen LogP contribution is -2.40. The van der Waals surface area contributed by atoms with E-state index >= 15 is 0 Å². The van der Waals surface area contributed by atoms with Crippen LogP contribution >= 0.6 is 12.4 Å². The summed E-state index contributed by atoms with van der Waals surface area (Å²) < 4.78 is 24.3. The number of nitrogens with one attached hydrogen (secondary N) is 1. The van der Waals surface area contributed by atoms with Crippen LogP contribution in [0.25, 0.3) is 0 Å². The van der Waals surface area contributed by atoms with E-state index < -0.39 is 17.9 Å². The van der Waals surface area contributed by atoms with Crippen LogP contribution in [0, 0.1) is 5.82 Å². The third-order valence-corrected chi connectivity index (χ3v) is 3.63. The van der Waals surface area contributed by atoms with Gasteiger partial charge in [0.15, 0.2) is 0 Å². The highest BCUT2D eigenvalue weighted by atomic mass is 35.5. The molecule has 0 radical (unpaired) electrons. The summed E-state index contributed by atoms with van der Waals surface area (Å²) >= 11 is 0. The van der Waals surface area contributed by atoms with Crippen LogP contribution < -0.4 is 20.5 Å². The highest BCUT2D eigenvalue weighted by Crippen LogP contribution is 2.32. The molecule has 5 nitrogen and oxygen atoms in total. The maximum absolute atomic E-state index is 13.8. The van der Waals surface area contributed by atoms with Crippen molar-refractivity contribution in [1.82, 2.24) is 5.32 Å². The first-order chi connectivity index (χ1) is 11.5. The zero-order valence-electron chi connectivity index (χ0n) is 14.3. The van der Waals surface area contributed by atoms with Crippen molar-refractivity contribution >= 4 is 18.3 Å². The number of hydrogen-bond acceptors (Lipinski definition) is 4. The molecule has 0 aromatic heterocycles. The van der Waals surface area contributed by atoms with Gasteiger partial charge >= 0.3 is 0 Å². The molecule has 0 aliphatic rings. The predicted octanol–water partition coefficient (Wildman–Crippen LogP) is 2.82. The Hall–Kier alpha value is -2.31. The molecule has 0 spiro atoms. The van der Waals surface area contributed by atoms with Crippen LogP contribution in [0.15, 0.2) is 42.5 Å². The van der Waals surface area contributed by atoms with Gasteiger partial charge in [0.1, 0.15) is 17.3 Å². The van der Waals surface area contributed by atoms with E-state index in [2.05, 4.69) is 5.32 Å². The normalized spacial score (nSPS) is 12.5. The number of amides is 1. The third kappa shape index (κ3) is 5.08. The molecule has 7 heteroatoms. The molecular weight excluding hydrogens is 347 g/mol. The van der Waals surface area contributed by atoms with Gasteiger partial charge in [0.25, 0.3) is 0 Å². The lowest BCUT2D eigenvalue weighted by atomic mass is 9.97. The van der Waals surface area contributed by atoms with Gasteiger partial charge in [0.05, 0.1) is 26.3 Å². The molecule has 2 rings (SSSR count). The molecule has 0 heterocycles. The molecule has 1 amide bonds. The average Bonchev–Trinajstić information content (AvgIpc) is 2.59. The van der Waals surface area contributed by atoms with Crippen LogP contribution in [-0.4, -0.2) is 26.2 Å². The number of methoxy groups -OCH3 is 2. The second-order valence-corrected chi connectivity index (χ2v) is 5.39. The van der Waals surface area contributed by atoms with E-state index in [-0.39, 0.29) is 18.3 Å². The molecule has 0 saturated carbocycles. The first-order valence-electron chi connectivity index (χ1n) is 7.49. The highest BCUT2D eigenvalue weighted by Gasteiger charge is 2.23. The predicted molar refractivity (Wildman–Crippen MR) is 96.8 cm³/mol. The van der Waals surface area contributed by atoms with Gasteiger partial charge < -0.3 is 20.5 Å². The van der Waals surface area contributed by atoms with Gasteiger partial charge in [0, 0.05) is 5.56 Å². The van der Waals surface area contributed by atoms with E-state index in [0.717, 1.165) is 5.56 Å². The van der Waals surface area contributed by atoms with E-state index in [0.29, 0.717) is 17.1 Å². The van der Waals surface area contributed by atoms with Crippen molar-refractivity contribution in [3.8, 4) is 11.5 Å². The van der Waals surface area contributed by atoms with Crippen molar-refractivity contribution in [2.75, 3.05) is 14.2 Å². The number of nitrogens with two attached hydrogens (primary N) is 1. The van der Waals surface area contributed by atoms with Gasteiger partial charge in [-0.15, -0.1) is 12.4 Å². The largest absolute Gasteiger partial charge is 0.497 e. The Kier molecular flexibility index (Phi) is 7.67. The van der Waals surface area contributed by atoms with Crippen molar-refractivity contribution in [3.63, 3.8) is 0 Å². The van der Waals surface area contributed by atoms with Gasteiger partial charge in [-0.2, -0.15) is 0 Å². The summed E-state index contributed by atoms with van der Waals surface area (Å²) in [5.74, 6) is 0.319. The summed E-state index contributed by atoms with van der Waals surface area (Å²) in [5, 5.41) is 2.84. The minimum Gasteiger partial charge on any atom is -0.497 e. The highest BCUT2D eigenvalue weighted by molar-refractivity contribution is 5.85. The van der Waals surface area contributed by atoms with Crippen LogP contribution in [0.2, 0.25) is 0 Å². The van der Waals surface area contributed by atoms with Gasteiger partial charge in [-0.3, -0.25) is 4.79 Å². The minimum absolute atomic E-state index is 0. The van der Waals surface area contributed by atoms with Crippen LogP contribution in [0.3, 0.4) is 0 Å². The molecule has 0 aliphatic heterocycles. The first kappa shape index (κ1) is 20.7. The zero-order chi connectivity index (χ0) is 17.7. The Balaban J connectivity index is 0.00000312. The Morgan fingerprint density at radius 1 is 1.16 bits per heavy atom. The summed E-state index contributed by atoms with van der Waals surface area (Å²) in [6.07, 6.45) is 0. The Morgan fingerprint density at radius 3 is 2.48 bits per heavy atom. The Morgan fingerprint density at radius 2 is 1.88 bits per heavy atom. The lowest BCUT2D eigenvalue weighted by Gasteiger charge is -2.23. The van der Waals surface area contributed by atoms with Crippen LogP contribution in [0.5, 0.6) is 11.5 Å². The molecule has 2 aromatic rings. The van der Waals surface area contributed by atoms with E-state index in [1.165, 1.54) is 25.3 Å². The van der Waals surface area contributed by atoms with Crippen LogP contribution in [0.1, 0.15) is 24.1 Å². The van der Waals surface area contributed by atoms with Crippen LogP contribution in [-0.2, 0) is 4.79 Å². The van der Waals surface area contributed by atoms with E-state index in [4.69, 9.17) is 15.2 Å². The molecular formula is C18H22ClFN2O3. The summed E-state index contributed by atoms with van der Waals surface area (Å²) in [4.78, 5) is 12.1. The molecule has 0 fully saturated rings. The van der Waals surface area contributed by atoms with Gasteiger partial charge in [-0.1, -0.05) is 12.1 Å². The number of rotatable bonds is 6. The van der Waals surface area contributed by atoms with E-state index in [1.54, 1.807) is 32.2 Å². The lowest BCUT2D eigenvalue weighted by molar-refractivity contribution is -0.122. The van der Waals surface area contributed by atoms with Gasteiger partial charge in [-0.05, 0) is 42.8 Å².